The molecule has 0 spiro atoms. The lowest BCUT2D eigenvalue weighted by atomic mass is 10.0. The van der Waals surface area contributed by atoms with Crippen LogP contribution in [-0.2, 0) is 11.4 Å². The van der Waals surface area contributed by atoms with E-state index in [2.05, 4.69) is 23.7 Å². The zero-order valence-corrected chi connectivity index (χ0v) is 9.49. The summed E-state index contributed by atoms with van der Waals surface area (Å²) in [7, 11) is 3.29. The number of methoxy groups -OCH3 is 1. The molecule has 0 bridgehead atoms. The van der Waals surface area contributed by atoms with Gasteiger partial charge in [-0.15, -0.1) is 0 Å². The molecular formula is C13H15NO2. The Labute approximate surface area is 94.9 Å². The first-order valence-electron chi connectivity index (χ1n) is 5.17. The van der Waals surface area contributed by atoms with E-state index in [4.69, 9.17) is 9.57 Å². The lowest BCUT2D eigenvalue weighted by molar-refractivity contribution is 0.0864. The Balaban J connectivity index is 2.54. The fourth-order valence-electron chi connectivity index (χ4n) is 1.83. The zero-order chi connectivity index (χ0) is 11.4. The van der Waals surface area contributed by atoms with Crippen molar-refractivity contribution in [2.24, 2.45) is 0 Å². The molecule has 2 rings (SSSR count). The lowest BCUT2D eigenvalue weighted by Gasteiger charge is -2.12. The number of hydrogen-bond acceptors (Lipinski definition) is 3. The topological polar surface area (TPSA) is 30.5 Å². The van der Waals surface area contributed by atoms with Crippen LogP contribution in [-0.4, -0.2) is 14.2 Å². The van der Waals surface area contributed by atoms with Crippen molar-refractivity contribution < 1.29 is 9.57 Å². The van der Waals surface area contributed by atoms with Gasteiger partial charge in [-0.2, -0.15) is 5.48 Å². The number of benzene rings is 2. The number of fused-ring (bicyclic) bond motifs is 1. The fraction of sp³-hybridized carbons (Fsp3) is 0.231. The summed E-state index contributed by atoms with van der Waals surface area (Å²) in [6.45, 7) is 0.626. The third kappa shape index (κ3) is 2.01. The van der Waals surface area contributed by atoms with Crippen LogP contribution in [0.25, 0.3) is 10.8 Å². The van der Waals surface area contributed by atoms with Crippen LogP contribution in [0.4, 0.5) is 0 Å². The van der Waals surface area contributed by atoms with Gasteiger partial charge in [0, 0.05) is 5.56 Å². The second-order valence-electron chi connectivity index (χ2n) is 3.49. The largest absolute Gasteiger partial charge is 0.496 e. The Bertz CT molecular complexity index is 482. The van der Waals surface area contributed by atoms with Crippen molar-refractivity contribution in [2.45, 2.75) is 6.54 Å². The summed E-state index contributed by atoms with van der Waals surface area (Å²) in [6, 6.07) is 12.3. The summed E-state index contributed by atoms with van der Waals surface area (Å²) in [5.74, 6) is 0.878. The van der Waals surface area contributed by atoms with Crippen molar-refractivity contribution in [3.05, 3.63) is 42.0 Å². The predicted molar refractivity (Wildman–Crippen MR) is 64.3 cm³/mol. The molecule has 0 amide bonds. The van der Waals surface area contributed by atoms with E-state index in [1.807, 2.05) is 18.2 Å². The summed E-state index contributed by atoms with van der Waals surface area (Å²) in [5, 5.41) is 2.39. The average molecular weight is 217 g/mol. The van der Waals surface area contributed by atoms with E-state index < -0.39 is 0 Å². The minimum absolute atomic E-state index is 0.626. The highest BCUT2D eigenvalue weighted by atomic mass is 16.6. The summed E-state index contributed by atoms with van der Waals surface area (Å²) < 4.78 is 5.35. The molecule has 0 aliphatic carbocycles. The van der Waals surface area contributed by atoms with Gasteiger partial charge in [0.2, 0.25) is 0 Å². The van der Waals surface area contributed by atoms with Gasteiger partial charge in [0.25, 0.3) is 0 Å². The standard InChI is InChI=1S/C13H15NO2/c1-15-13-8-7-10-5-3-4-6-11(10)12(13)9-14-16-2/h3-8,14H,9H2,1-2H3. The SMILES string of the molecule is CONCc1c(OC)ccc2ccccc12. The van der Waals surface area contributed by atoms with E-state index in [0.29, 0.717) is 6.54 Å². The number of nitrogens with one attached hydrogen (secondary N) is 1. The first kappa shape index (κ1) is 10.9. The van der Waals surface area contributed by atoms with Crippen LogP contribution in [0.1, 0.15) is 5.56 Å². The van der Waals surface area contributed by atoms with Crippen molar-refractivity contribution in [3.8, 4) is 5.75 Å². The van der Waals surface area contributed by atoms with Gasteiger partial charge < -0.3 is 9.57 Å². The maximum atomic E-state index is 5.35. The average Bonchev–Trinajstić information content (AvgIpc) is 2.35. The minimum Gasteiger partial charge on any atom is -0.496 e. The predicted octanol–water partition coefficient (Wildman–Crippen LogP) is 2.50. The number of rotatable bonds is 4. The van der Waals surface area contributed by atoms with Crippen LogP contribution in [0.2, 0.25) is 0 Å². The van der Waals surface area contributed by atoms with Crippen molar-refractivity contribution in [1.82, 2.24) is 5.48 Å². The molecule has 2 aromatic rings. The van der Waals surface area contributed by atoms with E-state index in [1.54, 1.807) is 14.2 Å². The summed E-state index contributed by atoms with van der Waals surface area (Å²) >= 11 is 0. The molecule has 84 valence electrons. The Morgan fingerprint density at radius 2 is 1.88 bits per heavy atom. The molecule has 0 fully saturated rings. The summed E-state index contributed by atoms with van der Waals surface area (Å²) in [5.41, 5.74) is 3.96. The highest BCUT2D eigenvalue weighted by Gasteiger charge is 2.07. The molecule has 0 heterocycles. The van der Waals surface area contributed by atoms with Gasteiger partial charge >= 0.3 is 0 Å². The molecule has 2 aromatic carbocycles. The van der Waals surface area contributed by atoms with Gasteiger partial charge in [-0.25, -0.2) is 0 Å². The third-order valence-electron chi connectivity index (χ3n) is 2.61. The molecule has 0 unspecified atom stereocenters. The van der Waals surface area contributed by atoms with Gasteiger partial charge in [0.1, 0.15) is 5.75 Å². The first-order chi connectivity index (χ1) is 7.86. The molecular weight excluding hydrogens is 202 g/mol. The van der Waals surface area contributed by atoms with E-state index in [-0.39, 0.29) is 0 Å². The Hall–Kier alpha value is -1.58. The van der Waals surface area contributed by atoms with E-state index in [0.717, 1.165) is 11.3 Å². The van der Waals surface area contributed by atoms with Crippen LogP contribution < -0.4 is 10.2 Å². The molecule has 3 heteroatoms. The van der Waals surface area contributed by atoms with E-state index in [9.17, 15) is 0 Å². The van der Waals surface area contributed by atoms with Crippen molar-refractivity contribution >= 4 is 10.8 Å². The van der Waals surface area contributed by atoms with Gasteiger partial charge in [0.15, 0.2) is 0 Å². The normalized spacial score (nSPS) is 10.6. The summed E-state index contributed by atoms with van der Waals surface area (Å²) in [4.78, 5) is 4.89. The Morgan fingerprint density at radius 3 is 2.62 bits per heavy atom. The molecule has 0 aliphatic rings. The number of hydrogen-bond donors (Lipinski definition) is 1. The van der Waals surface area contributed by atoms with Crippen LogP contribution in [0, 0.1) is 0 Å². The number of ether oxygens (including phenoxy) is 1. The lowest BCUT2D eigenvalue weighted by Crippen LogP contribution is -2.12. The second kappa shape index (κ2) is 4.96. The monoisotopic (exact) mass is 217 g/mol. The fourth-order valence-corrected chi connectivity index (χ4v) is 1.83. The second-order valence-corrected chi connectivity index (χ2v) is 3.49. The van der Waals surface area contributed by atoms with Crippen molar-refractivity contribution in [2.75, 3.05) is 14.2 Å². The summed E-state index contributed by atoms with van der Waals surface area (Å²) in [6.07, 6.45) is 0. The maximum Gasteiger partial charge on any atom is 0.124 e. The van der Waals surface area contributed by atoms with Crippen LogP contribution in [0.15, 0.2) is 36.4 Å². The Morgan fingerprint density at radius 1 is 1.06 bits per heavy atom. The highest BCUT2D eigenvalue weighted by Crippen LogP contribution is 2.27. The molecule has 0 radical (unpaired) electrons. The van der Waals surface area contributed by atoms with Gasteiger partial charge in [0.05, 0.1) is 20.8 Å². The van der Waals surface area contributed by atoms with E-state index >= 15 is 0 Å². The zero-order valence-electron chi connectivity index (χ0n) is 9.49. The smallest absolute Gasteiger partial charge is 0.124 e. The molecule has 0 aliphatic heterocycles. The number of hydroxylamine groups is 1. The molecule has 16 heavy (non-hydrogen) atoms. The molecule has 1 N–H and O–H groups in total. The van der Waals surface area contributed by atoms with Crippen LogP contribution in [0.3, 0.4) is 0 Å². The van der Waals surface area contributed by atoms with Crippen molar-refractivity contribution in [3.63, 3.8) is 0 Å². The van der Waals surface area contributed by atoms with E-state index in [1.165, 1.54) is 10.8 Å². The first-order valence-corrected chi connectivity index (χ1v) is 5.17. The quantitative estimate of drug-likeness (QED) is 0.798. The molecule has 3 nitrogen and oxygen atoms in total. The molecule has 0 saturated carbocycles. The molecule has 0 aromatic heterocycles. The minimum atomic E-state index is 0.626. The maximum absolute atomic E-state index is 5.35. The Kier molecular flexibility index (Phi) is 3.39. The highest BCUT2D eigenvalue weighted by molar-refractivity contribution is 5.87. The molecule has 0 saturated heterocycles. The van der Waals surface area contributed by atoms with Crippen molar-refractivity contribution in [1.29, 1.82) is 0 Å². The van der Waals surface area contributed by atoms with Gasteiger partial charge in [-0.1, -0.05) is 30.3 Å². The third-order valence-corrected chi connectivity index (χ3v) is 2.61. The van der Waals surface area contributed by atoms with Gasteiger partial charge in [-0.3, -0.25) is 0 Å². The van der Waals surface area contributed by atoms with Crippen LogP contribution >= 0.6 is 0 Å². The van der Waals surface area contributed by atoms with Gasteiger partial charge in [-0.05, 0) is 16.8 Å². The van der Waals surface area contributed by atoms with Crippen LogP contribution in [0.5, 0.6) is 5.75 Å². The molecule has 0 atom stereocenters.